The van der Waals surface area contributed by atoms with Gasteiger partial charge in [-0.25, -0.2) is 0 Å². The predicted octanol–water partition coefficient (Wildman–Crippen LogP) is 1.44. The van der Waals surface area contributed by atoms with Gasteiger partial charge in [0.25, 0.3) is 0 Å². The van der Waals surface area contributed by atoms with Crippen molar-refractivity contribution < 1.29 is 9.32 Å². The van der Waals surface area contributed by atoms with Crippen molar-refractivity contribution in [3.05, 3.63) is 34.1 Å². The first-order chi connectivity index (χ1) is 10.1. The Bertz CT molecular complexity index is 671. The minimum absolute atomic E-state index is 0.0286. The van der Waals surface area contributed by atoms with Gasteiger partial charge in [-0.15, -0.1) is 0 Å². The average molecular weight is 351 g/mol. The van der Waals surface area contributed by atoms with Gasteiger partial charge in [-0.2, -0.15) is 4.98 Å². The van der Waals surface area contributed by atoms with E-state index in [1.54, 1.807) is 0 Å². The van der Waals surface area contributed by atoms with E-state index in [1.165, 1.54) is 0 Å². The number of amides is 1. The number of rotatable bonds is 3. The van der Waals surface area contributed by atoms with Gasteiger partial charge in [0.1, 0.15) is 0 Å². The summed E-state index contributed by atoms with van der Waals surface area (Å²) in [5, 5.41) is 9.92. The van der Waals surface area contributed by atoms with E-state index in [0.717, 1.165) is 22.1 Å². The van der Waals surface area contributed by atoms with E-state index in [4.69, 9.17) is 4.52 Å². The van der Waals surface area contributed by atoms with Crippen molar-refractivity contribution in [1.29, 1.82) is 0 Å². The number of benzene rings is 1. The second-order valence-electron chi connectivity index (χ2n) is 4.98. The Labute approximate surface area is 130 Å². The highest BCUT2D eigenvalue weighted by atomic mass is 79.9. The lowest BCUT2D eigenvalue weighted by atomic mass is 10.1. The molecule has 2 aromatic rings. The topological polar surface area (TPSA) is 80.0 Å². The molecule has 0 radical (unpaired) electrons. The first kappa shape index (κ1) is 14.2. The molecule has 0 bridgehead atoms. The van der Waals surface area contributed by atoms with Crippen molar-refractivity contribution in [2.24, 2.45) is 0 Å². The van der Waals surface area contributed by atoms with Crippen molar-refractivity contribution in [2.75, 3.05) is 13.1 Å². The number of halogens is 1. The van der Waals surface area contributed by atoms with Gasteiger partial charge in [0.15, 0.2) is 0 Å². The maximum Gasteiger partial charge on any atom is 0.237 e. The number of aryl methyl sites for hydroxylation is 1. The molecule has 0 saturated carbocycles. The van der Waals surface area contributed by atoms with Crippen LogP contribution in [0.4, 0.5) is 0 Å². The zero-order valence-electron chi connectivity index (χ0n) is 11.5. The highest BCUT2D eigenvalue weighted by molar-refractivity contribution is 9.10. The summed E-state index contributed by atoms with van der Waals surface area (Å²) in [7, 11) is 0. The van der Waals surface area contributed by atoms with Crippen molar-refractivity contribution in [3.63, 3.8) is 0 Å². The second-order valence-corrected chi connectivity index (χ2v) is 5.83. The van der Waals surface area contributed by atoms with Crippen LogP contribution >= 0.6 is 15.9 Å². The summed E-state index contributed by atoms with van der Waals surface area (Å²) < 4.78 is 6.24. The molecule has 1 amide bonds. The van der Waals surface area contributed by atoms with Crippen molar-refractivity contribution in [3.8, 4) is 11.4 Å². The molecule has 3 rings (SSSR count). The summed E-state index contributed by atoms with van der Waals surface area (Å²) in [6, 6.07) is 5.58. The van der Waals surface area contributed by atoms with Gasteiger partial charge >= 0.3 is 0 Å². The third kappa shape index (κ3) is 3.14. The Hall–Kier alpha value is -1.73. The van der Waals surface area contributed by atoms with Gasteiger partial charge in [-0.3, -0.25) is 4.79 Å². The lowest BCUT2D eigenvalue weighted by Gasteiger charge is -2.21. The van der Waals surface area contributed by atoms with Crippen LogP contribution in [-0.2, 0) is 11.2 Å². The molecule has 1 fully saturated rings. The molecule has 6 nitrogen and oxygen atoms in total. The third-order valence-corrected chi connectivity index (χ3v) is 4.26. The normalized spacial score (nSPS) is 18.6. The highest BCUT2D eigenvalue weighted by Gasteiger charge is 2.24. The molecule has 2 N–H and O–H groups in total. The number of hydrogen-bond acceptors (Lipinski definition) is 5. The van der Waals surface area contributed by atoms with E-state index in [2.05, 4.69) is 36.7 Å². The lowest BCUT2D eigenvalue weighted by molar-refractivity contribution is -0.124. The van der Waals surface area contributed by atoms with E-state index in [0.29, 0.717) is 24.7 Å². The summed E-state index contributed by atoms with van der Waals surface area (Å²) >= 11 is 3.49. The molecule has 0 aliphatic carbocycles. The fourth-order valence-corrected chi connectivity index (χ4v) is 2.55. The molecular weight excluding hydrogens is 336 g/mol. The Morgan fingerprint density at radius 2 is 2.29 bits per heavy atom. The average Bonchev–Trinajstić information content (AvgIpc) is 2.93. The summed E-state index contributed by atoms with van der Waals surface area (Å²) in [5.74, 6) is 0.956. The molecule has 2 heterocycles. The standard InChI is InChI=1S/C14H15BrN4O2/c1-8-2-3-9(6-10(8)15)13-18-12(21-19-13)7-11-14(20)17-5-4-16-11/h2-3,6,11,16H,4-5,7H2,1H3,(H,17,20). The molecule has 7 heteroatoms. The number of carbonyl (C=O) groups is 1. The van der Waals surface area contributed by atoms with Crippen LogP contribution in [-0.4, -0.2) is 35.2 Å². The fraction of sp³-hybridized carbons (Fsp3) is 0.357. The Kier molecular flexibility index (Phi) is 4.03. The zero-order valence-corrected chi connectivity index (χ0v) is 13.1. The summed E-state index contributed by atoms with van der Waals surface area (Å²) in [4.78, 5) is 16.0. The summed E-state index contributed by atoms with van der Waals surface area (Å²) in [5.41, 5.74) is 2.02. The maximum absolute atomic E-state index is 11.7. The molecule has 1 saturated heterocycles. The first-order valence-corrected chi connectivity index (χ1v) is 7.53. The number of carbonyl (C=O) groups excluding carboxylic acids is 1. The Morgan fingerprint density at radius 1 is 1.43 bits per heavy atom. The van der Waals surface area contributed by atoms with Crippen LogP contribution in [0.5, 0.6) is 0 Å². The first-order valence-electron chi connectivity index (χ1n) is 6.73. The van der Waals surface area contributed by atoms with Crippen LogP contribution in [0, 0.1) is 6.92 Å². The molecule has 1 atom stereocenters. The fourth-order valence-electron chi connectivity index (χ4n) is 2.17. The summed E-state index contributed by atoms with van der Waals surface area (Å²) in [6.45, 7) is 3.42. The minimum Gasteiger partial charge on any atom is -0.353 e. The van der Waals surface area contributed by atoms with Crippen LogP contribution in [0.25, 0.3) is 11.4 Å². The Balaban J connectivity index is 1.76. The predicted molar refractivity (Wildman–Crippen MR) is 80.7 cm³/mol. The summed E-state index contributed by atoms with van der Waals surface area (Å²) in [6.07, 6.45) is 0.395. The number of piperazine rings is 1. The minimum atomic E-state index is -0.309. The lowest BCUT2D eigenvalue weighted by Crippen LogP contribution is -2.53. The SMILES string of the molecule is Cc1ccc(-c2noc(CC3NCCNC3=O)n2)cc1Br. The Morgan fingerprint density at radius 3 is 3.05 bits per heavy atom. The van der Waals surface area contributed by atoms with Crippen LogP contribution in [0.3, 0.4) is 0 Å². The second kappa shape index (κ2) is 5.95. The molecule has 1 aromatic carbocycles. The smallest absolute Gasteiger partial charge is 0.237 e. The van der Waals surface area contributed by atoms with Gasteiger partial charge in [0.2, 0.25) is 17.6 Å². The van der Waals surface area contributed by atoms with Gasteiger partial charge in [0, 0.05) is 23.1 Å². The van der Waals surface area contributed by atoms with Crippen LogP contribution < -0.4 is 10.6 Å². The van der Waals surface area contributed by atoms with Gasteiger partial charge in [0.05, 0.1) is 12.5 Å². The molecule has 21 heavy (non-hydrogen) atoms. The maximum atomic E-state index is 11.7. The molecular formula is C14H15BrN4O2. The van der Waals surface area contributed by atoms with Gasteiger partial charge in [-0.1, -0.05) is 33.2 Å². The molecule has 1 aliphatic rings. The number of aromatic nitrogens is 2. The van der Waals surface area contributed by atoms with E-state index in [-0.39, 0.29) is 11.9 Å². The molecule has 0 spiro atoms. The van der Waals surface area contributed by atoms with Gasteiger partial charge < -0.3 is 15.2 Å². The van der Waals surface area contributed by atoms with Gasteiger partial charge in [-0.05, 0) is 18.6 Å². The largest absolute Gasteiger partial charge is 0.353 e. The van der Waals surface area contributed by atoms with Crippen molar-refractivity contribution in [1.82, 2.24) is 20.8 Å². The van der Waals surface area contributed by atoms with Crippen molar-refractivity contribution in [2.45, 2.75) is 19.4 Å². The number of hydrogen-bond donors (Lipinski definition) is 2. The number of nitrogens with zero attached hydrogens (tertiary/aromatic N) is 2. The van der Waals surface area contributed by atoms with E-state index in [1.807, 2.05) is 25.1 Å². The molecule has 1 unspecified atom stereocenters. The molecule has 1 aliphatic heterocycles. The van der Waals surface area contributed by atoms with Crippen LogP contribution in [0.15, 0.2) is 27.2 Å². The molecule has 1 aromatic heterocycles. The highest BCUT2D eigenvalue weighted by Crippen LogP contribution is 2.23. The van der Waals surface area contributed by atoms with Crippen molar-refractivity contribution >= 4 is 21.8 Å². The number of nitrogens with one attached hydrogen (secondary N) is 2. The zero-order chi connectivity index (χ0) is 14.8. The quantitative estimate of drug-likeness (QED) is 0.875. The van der Waals surface area contributed by atoms with E-state index in [9.17, 15) is 4.79 Å². The van der Waals surface area contributed by atoms with E-state index >= 15 is 0 Å². The van der Waals surface area contributed by atoms with E-state index < -0.39 is 0 Å². The third-order valence-electron chi connectivity index (χ3n) is 3.41. The monoisotopic (exact) mass is 350 g/mol. The molecule has 110 valence electrons. The van der Waals surface area contributed by atoms with Crippen LogP contribution in [0.2, 0.25) is 0 Å². The van der Waals surface area contributed by atoms with Crippen LogP contribution in [0.1, 0.15) is 11.5 Å².